The molecule has 0 saturated heterocycles. The van der Waals surface area contributed by atoms with E-state index in [9.17, 15) is 0 Å². The van der Waals surface area contributed by atoms with Crippen LogP contribution in [0, 0.1) is 0 Å². The van der Waals surface area contributed by atoms with Gasteiger partial charge in [-0.1, -0.05) is 152 Å². The Bertz CT molecular complexity index is 3040. The monoisotopic (exact) mass is 750 g/mol. The molecule has 0 saturated carbocycles. The minimum atomic E-state index is 0.733. The van der Waals surface area contributed by atoms with Crippen LogP contribution >= 0.6 is 22.7 Å². The third-order valence-electron chi connectivity index (χ3n) is 10.3. The summed E-state index contributed by atoms with van der Waals surface area (Å²) in [6.07, 6.45) is 0. The molecule has 0 aliphatic heterocycles. The molecule has 0 bridgehead atoms. The highest BCUT2D eigenvalue weighted by atomic mass is 32.1. The van der Waals surface area contributed by atoms with Gasteiger partial charge in [-0.3, -0.25) is 0 Å². The Morgan fingerprint density at radius 3 is 1.05 bits per heavy atom. The van der Waals surface area contributed by atoms with Gasteiger partial charge >= 0.3 is 0 Å². The minimum Gasteiger partial charge on any atom is -0.226 e. The van der Waals surface area contributed by atoms with Crippen molar-refractivity contribution in [1.82, 2.24) is 19.9 Å². The maximum atomic E-state index is 5.23. The number of benzene rings is 7. The second kappa shape index (κ2) is 13.5. The van der Waals surface area contributed by atoms with Crippen LogP contribution < -0.4 is 0 Å². The molecule has 0 fully saturated rings. The average Bonchev–Trinajstić information content (AvgIpc) is 3.85. The summed E-state index contributed by atoms with van der Waals surface area (Å²) in [5.74, 6) is 1.47. The topological polar surface area (TPSA) is 51.6 Å². The van der Waals surface area contributed by atoms with Crippen molar-refractivity contribution in [2.75, 3.05) is 0 Å². The molecule has 0 spiro atoms. The number of fused-ring (bicyclic) bond motifs is 6. The predicted molar refractivity (Wildman–Crippen MR) is 236 cm³/mol. The van der Waals surface area contributed by atoms with E-state index >= 15 is 0 Å². The first-order valence-corrected chi connectivity index (χ1v) is 20.2. The highest BCUT2D eigenvalue weighted by molar-refractivity contribution is 7.26. The summed E-state index contributed by atoms with van der Waals surface area (Å²) in [4.78, 5) is 20.7. The molecule has 0 unspecified atom stereocenters. The Hall–Kier alpha value is -6.86. The van der Waals surface area contributed by atoms with Gasteiger partial charge in [0.05, 0.1) is 31.8 Å². The fourth-order valence-electron chi connectivity index (χ4n) is 7.58. The molecular formula is C50H30N4S2. The second-order valence-corrected chi connectivity index (χ2v) is 15.9. The predicted octanol–water partition coefficient (Wildman–Crippen LogP) is 14.0. The zero-order valence-corrected chi connectivity index (χ0v) is 31.6. The molecule has 0 aliphatic rings. The Balaban J connectivity index is 1.01. The van der Waals surface area contributed by atoms with E-state index < -0.39 is 0 Å². The average molecular weight is 751 g/mol. The molecule has 0 amide bonds. The van der Waals surface area contributed by atoms with E-state index in [1.807, 2.05) is 36.4 Å². The second-order valence-electron chi connectivity index (χ2n) is 13.8. The summed E-state index contributed by atoms with van der Waals surface area (Å²) in [6, 6.07) is 63.8. The number of aromatic nitrogens is 4. The van der Waals surface area contributed by atoms with Crippen LogP contribution in [0.15, 0.2) is 182 Å². The van der Waals surface area contributed by atoms with Crippen LogP contribution in [-0.2, 0) is 0 Å². The Morgan fingerprint density at radius 1 is 0.286 bits per heavy atom. The van der Waals surface area contributed by atoms with Crippen LogP contribution in [0.4, 0.5) is 0 Å². The largest absolute Gasteiger partial charge is 0.226 e. The summed E-state index contributed by atoms with van der Waals surface area (Å²) in [6.45, 7) is 0. The van der Waals surface area contributed by atoms with Gasteiger partial charge in [0.1, 0.15) is 0 Å². The standard InChI is InChI=1S/C50H30N4S2/c1-3-14-31(15-4-1)49-51-43(47-45(53-49)39-24-7-9-26-41(39)55-47)37-22-12-20-35(29-37)33-18-11-19-34(28-33)36-21-13-23-38(30-36)44-48-46(40-25-8-10-27-42(40)56-48)54-50(52-44)32-16-5-2-6-17-32/h1-30H. The molecule has 11 aromatic rings. The maximum absolute atomic E-state index is 5.23. The number of thiophene rings is 2. The van der Waals surface area contributed by atoms with Crippen molar-refractivity contribution in [3.8, 4) is 67.5 Å². The molecule has 4 aromatic heterocycles. The summed E-state index contributed by atoms with van der Waals surface area (Å²) in [5.41, 5.74) is 12.6. The first kappa shape index (κ1) is 32.6. The summed E-state index contributed by atoms with van der Waals surface area (Å²) >= 11 is 3.51. The molecule has 0 aliphatic carbocycles. The van der Waals surface area contributed by atoms with Crippen molar-refractivity contribution in [1.29, 1.82) is 0 Å². The van der Waals surface area contributed by atoms with Crippen molar-refractivity contribution >= 4 is 63.3 Å². The lowest BCUT2D eigenvalue weighted by Gasteiger charge is -2.11. The minimum absolute atomic E-state index is 0.733. The summed E-state index contributed by atoms with van der Waals surface area (Å²) < 4.78 is 4.62. The van der Waals surface area contributed by atoms with Gasteiger partial charge < -0.3 is 0 Å². The van der Waals surface area contributed by atoms with E-state index in [1.54, 1.807) is 22.7 Å². The summed E-state index contributed by atoms with van der Waals surface area (Å²) in [5, 5.41) is 2.32. The summed E-state index contributed by atoms with van der Waals surface area (Å²) in [7, 11) is 0. The highest BCUT2D eigenvalue weighted by Crippen LogP contribution is 2.42. The van der Waals surface area contributed by atoms with E-state index in [-0.39, 0.29) is 0 Å². The van der Waals surface area contributed by atoms with Gasteiger partial charge in [-0.25, -0.2) is 19.9 Å². The van der Waals surface area contributed by atoms with Gasteiger partial charge in [-0.2, -0.15) is 0 Å². The molecule has 11 rings (SSSR count). The number of hydrogen-bond acceptors (Lipinski definition) is 6. The highest BCUT2D eigenvalue weighted by Gasteiger charge is 2.19. The first-order valence-electron chi connectivity index (χ1n) is 18.5. The van der Waals surface area contributed by atoms with Crippen LogP contribution in [0.2, 0.25) is 0 Å². The lowest BCUT2D eigenvalue weighted by Crippen LogP contribution is -1.94. The lowest BCUT2D eigenvalue weighted by molar-refractivity contribution is 1.24. The fraction of sp³-hybridized carbons (Fsp3) is 0. The zero-order valence-electron chi connectivity index (χ0n) is 29.9. The molecule has 6 heteroatoms. The van der Waals surface area contributed by atoms with Gasteiger partial charge in [0, 0.05) is 42.4 Å². The number of rotatable bonds is 6. The van der Waals surface area contributed by atoms with Crippen molar-refractivity contribution < 1.29 is 0 Å². The van der Waals surface area contributed by atoms with E-state index in [1.165, 1.54) is 9.40 Å². The normalized spacial score (nSPS) is 11.6. The Labute approximate surface area is 331 Å². The van der Waals surface area contributed by atoms with Gasteiger partial charge in [-0.05, 0) is 52.6 Å². The van der Waals surface area contributed by atoms with Crippen molar-refractivity contribution in [3.63, 3.8) is 0 Å². The van der Waals surface area contributed by atoms with Gasteiger partial charge in [0.15, 0.2) is 11.6 Å². The van der Waals surface area contributed by atoms with Crippen LogP contribution in [0.1, 0.15) is 0 Å². The van der Waals surface area contributed by atoms with E-state index in [2.05, 4.69) is 146 Å². The van der Waals surface area contributed by atoms with Gasteiger partial charge in [0.25, 0.3) is 0 Å². The molecule has 262 valence electrons. The zero-order chi connectivity index (χ0) is 37.0. The van der Waals surface area contributed by atoms with Crippen molar-refractivity contribution in [2.45, 2.75) is 0 Å². The van der Waals surface area contributed by atoms with Crippen LogP contribution in [0.25, 0.3) is 108 Å². The van der Waals surface area contributed by atoms with Crippen LogP contribution in [0.3, 0.4) is 0 Å². The maximum Gasteiger partial charge on any atom is 0.160 e. The molecule has 4 heterocycles. The quantitative estimate of drug-likeness (QED) is 0.170. The molecule has 0 radical (unpaired) electrons. The Kier molecular flexibility index (Phi) is 7.83. The molecule has 0 atom stereocenters. The molecule has 4 nitrogen and oxygen atoms in total. The van der Waals surface area contributed by atoms with E-state index in [4.69, 9.17) is 19.9 Å². The lowest BCUT2D eigenvalue weighted by atomic mass is 9.96. The van der Waals surface area contributed by atoms with E-state index in [0.29, 0.717) is 0 Å². The molecule has 7 aromatic carbocycles. The third-order valence-corrected chi connectivity index (χ3v) is 12.6. The fourth-order valence-corrected chi connectivity index (χ4v) is 9.88. The van der Waals surface area contributed by atoms with Gasteiger partial charge in [0.2, 0.25) is 0 Å². The molecule has 0 N–H and O–H groups in total. The number of hydrogen-bond donors (Lipinski definition) is 0. The smallest absolute Gasteiger partial charge is 0.160 e. The molecule has 56 heavy (non-hydrogen) atoms. The van der Waals surface area contributed by atoms with Crippen molar-refractivity contribution in [2.24, 2.45) is 0 Å². The third kappa shape index (κ3) is 5.66. The van der Waals surface area contributed by atoms with Gasteiger partial charge in [-0.15, -0.1) is 22.7 Å². The van der Waals surface area contributed by atoms with Crippen LogP contribution in [-0.4, -0.2) is 19.9 Å². The van der Waals surface area contributed by atoms with Crippen LogP contribution in [0.5, 0.6) is 0 Å². The first-order chi connectivity index (χ1) is 27.7. The molecular weight excluding hydrogens is 721 g/mol. The SMILES string of the molecule is c1ccc(-c2nc(-c3cccc(-c4cccc(-c5cccc(-c6nc(-c7ccccc7)nc7c6sc6ccccc67)c5)c4)c3)c3sc4ccccc4c3n2)cc1. The number of nitrogens with zero attached hydrogens (tertiary/aromatic N) is 4. The van der Waals surface area contributed by atoms with Crippen molar-refractivity contribution in [3.05, 3.63) is 182 Å². The Morgan fingerprint density at radius 2 is 0.625 bits per heavy atom. The van der Waals surface area contributed by atoms with E-state index in [0.717, 1.165) is 98.7 Å².